The van der Waals surface area contributed by atoms with Crippen LogP contribution in [0.15, 0.2) is 0 Å². The van der Waals surface area contributed by atoms with Crippen LogP contribution >= 0.6 is 0 Å². The summed E-state index contributed by atoms with van der Waals surface area (Å²) in [6.45, 7) is 6.07. The fourth-order valence-electron chi connectivity index (χ4n) is 2.15. The molecule has 0 bridgehead atoms. The average molecular weight is 230 g/mol. The summed E-state index contributed by atoms with van der Waals surface area (Å²) in [5.74, 6) is 0.667. The van der Waals surface area contributed by atoms with Gasteiger partial charge in [0.05, 0.1) is 12.7 Å². The molecule has 0 amide bonds. The summed E-state index contributed by atoms with van der Waals surface area (Å²) >= 11 is 0. The van der Waals surface area contributed by atoms with Gasteiger partial charge in [-0.2, -0.15) is 0 Å². The molecule has 1 N–H and O–H groups in total. The van der Waals surface area contributed by atoms with Crippen LogP contribution in [0.5, 0.6) is 0 Å². The summed E-state index contributed by atoms with van der Waals surface area (Å²) in [6.07, 6.45) is 5.91. The van der Waals surface area contributed by atoms with Crippen molar-refractivity contribution >= 4 is 0 Å². The van der Waals surface area contributed by atoms with Crippen molar-refractivity contribution in [3.8, 4) is 0 Å². The quantitative estimate of drug-likeness (QED) is 0.695. The van der Waals surface area contributed by atoms with Gasteiger partial charge in [-0.3, -0.25) is 0 Å². The molecule has 1 rings (SSSR count). The van der Waals surface area contributed by atoms with Crippen LogP contribution in [0.1, 0.15) is 46.0 Å². The second-order valence-corrected chi connectivity index (χ2v) is 4.67. The Labute approximate surface area is 99.1 Å². The van der Waals surface area contributed by atoms with Crippen molar-refractivity contribution < 1.29 is 14.6 Å². The summed E-state index contributed by atoms with van der Waals surface area (Å²) < 4.78 is 11.3. The monoisotopic (exact) mass is 230 g/mol. The highest BCUT2D eigenvalue weighted by Gasteiger charge is 2.28. The second-order valence-electron chi connectivity index (χ2n) is 4.67. The van der Waals surface area contributed by atoms with Crippen molar-refractivity contribution in [1.82, 2.24) is 0 Å². The molecule has 0 aliphatic carbocycles. The van der Waals surface area contributed by atoms with Gasteiger partial charge in [0.15, 0.2) is 0 Å². The van der Waals surface area contributed by atoms with Gasteiger partial charge in [-0.25, -0.2) is 0 Å². The van der Waals surface area contributed by atoms with E-state index in [0.717, 1.165) is 19.6 Å². The molecular formula is C13H26O3. The van der Waals surface area contributed by atoms with E-state index in [2.05, 4.69) is 13.8 Å². The van der Waals surface area contributed by atoms with Crippen LogP contribution in [-0.2, 0) is 9.47 Å². The molecule has 1 saturated heterocycles. The Bertz CT molecular complexity index is 173. The highest BCUT2D eigenvalue weighted by molar-refractivity contribution is 4.76. The van der Waals surface area contributed by atoms with Gasteiger partial charge in [0, 0.05) is 13.2 Å². The molecule has 3 atom stereocenters. The van der Waals surface area contributed by atoms with Crippen molar-refractivity contribution in [2.75, 3.05) is 19.8 Å². The molecule has 96 valence electrons. The van der Waals surface area contributed by atoms with E-state index in [-0.39, 0.29) is 18.8 Å². The molecule has 1 aliphatic heterocycles. The van der Waals surface area contributed by atoms with Crippen molar-refractivity contribution in [2.24, 2.45) is 5.92 Å². The lowest BCUT2D eigenvalue weighted by molar-refractivity contribution is -0.0440. The second kappa shape index (κ2) is 8.04. The van der Waals surface area contributed by atoms with Crippen LogP contribution in [0, 0.1) is 5.92 Å². The molecule has 1 fully saturated rings. The molecular weight excluding hydrogens is 204 g/mol. The van der Waals surface area contributed by atoms with E-state index >= 15 is 0 Å². The fraction of sp³-hybridized carbons (Fsp3) is 1.00. The van der Waals surface area contributed by atoms with Gasteiger partial charge >= 0.3 is 0 Å². The molecule has 3 heteroatoms. The molecule has 1 heterocycles. The van der Waals surface area contributed by atoms with Gasteiger partial charge < -0.3 is 14.6 Å². The standard InChI is InChI=1S/C13H26O3/c1-3-5-6-11(4-2)10-16-12-7-8-15-13(12)9-14/h11-14H,3-10H2,1-2H3/t11?,12-,13-/m1/s1. The lowest BCUT2D eigenvalue weighted by Crippen LogP contribution is -2.29. The van der Waals surface area contributed by atoms with Crippen LogP contribution < -0.4 is 0 Å². The molecule has 0 aromatic heterocycles. The van der Waals surface area contributed by atoms with E-state index in [9.17, 15) is 0 Å². The van der Waals surface area contributed by atoms with Crippen molar-refractivity contribution in [3.63, 3.8) is 0 Å². The molecule has 0 aromatic rings. The van der Waals surface area contributed by atoms with E-state index < -0.39 is 0 Å². The minimum absolute atomic E-state index is 0.0798. The van der Waals surface area contributed by atoms with Crippen molar-refractivity contribution in [2.45, 2.75) is 58.2 Å². The van der Waals surface area contributed by atoms with E-state index in [4.69, 9.17) is 14.6 Å². The summed E-state index contributed by atoms with van der Waals surface area (Å²) in [5.41, 5.74) is 0. The van der Waals surface area contributed by atoms with Crippen LogP contribution in [0.25, 0.3) is 0 Å². The maximum atomic E-state index is 9.10. The molecule has 0 saturated carbocycles. The topological polar surface area (TPSA) is 38.7 Å². The summed E-state index contributed by atoms with van der Waals surface area (Å²) in [6, 6.07) is 0. The number of hydrogen-bond donors (Lipinski definition) is 1. The van der Waals surface area contributed by atoms with Gasteiger partial charge in [0.2, 0.25) is 0 Å². The SMILES string of the molecule is CCCCC(CC)CO[C@@H]1CCO[C@@H]1CO. The summed E-state index contributed by atoms with van der Waals surface area (Å²) in [4.78, 5) is 0. The van der Waals surface area contributed by atoms with Crippen molar-refractivity contribution in [1.29, 1.82) is 0 Å². The Hall–Kier alpha value is -0.120. The maximum absolute atomic E-state index is 9.10. The number of aliphatic hydroxyl groups excluding tert-OH is 1. The number of hydrogen-bond acceptors (Lipinski definition) is 3. The first kappa shape index (κ1) is 13.9. The highest BCUT2D eigenvalue weighted by atomic mass is 16.6. The zero-order valence-corrected chi connectivity index (χ0v) is 10.7. The molecule has 16 heavy (non-hydrogen) atoms. The Kier molecular flexibility index (Phi) is 7.01. The lowest BCUT2D eigenvalue weighted by Gasteiger charge is -2.21. The van der Waals surface area contributed by atoms with E-state index in [1.807, 2.05) is 0 Å². The van der Waals surface area contributed by atoms with Crippen molar-refractivity contribution in [3.05, 3.63) is 0 Å². The van der Waals surface area contributed by atoms with Crippen LogP contribution in [0.3, 0.4) is 0 Å². The first-order chi connectivity index (χ1) is 7.81. The zero-order chi connectivity index (χ0) is 11.8. The first-order valence-electron chi connectivity index (χ1n) is 6.65. The predicted octanol–water partition coefficient (Wildman–Crippen LogP) is 2.37. The zero-order valence-electron chi connectivity index (χ0n) is 10.7. The molecule has 0 aromatic carbocycles. The fourth-order valence-corrected chi connectivity index (χ4v) is 2.15. The minimum Gasteiger partial charge on any atom is -0.394 e. The molecule has 1 aliphatic rings. The third-order valence-corrected chi connectivity index (χ3v) is 3.42. The number of unbranched alkanes of at least 4 members (excludes halogenated alkanes) is 1. The third-order valence-electron chi connectivity index (χ3n) is 3.42. The number of ether oxygens (including phenoxy) is 2. The average Bonchev–Trinajstić information content (AvgIpc) is 2.77. The normalized spacial score (nSPS) is 27.2. The van der Waals surface area contributed by atoms with Crippen LogP contribution in [0.4, 0.5) is 0 Å². The largest absolute Gasteiger partial charge is 0.394 e. The third kappa shape index (κ3) is 4.40. The Morgan fingerprint density at radius 3 is 2.88 bits per heavy atom. The van der Waals surface area contributed by atoms with E-state index in [0.29, 0.717) is 5.92 Å². The molecule has 0 radical (unpaired) electrons. The van der Waals surface area contributed by atoms with Gasteiger partial charge in [-0.15, -0.1) is 0 Å². The van der Waals surface area contributed by atoms with Gasteiger partial charge in [-0.1, -0.05) is 33.1 Å². The number of rotatable bonds is 8. The summed E-state index contributed by atoms with van der Waals surface area (Å²) in [5, 5.41) is 9.10. The Balaban J connectivity index is 2.20. The predicted molar refractivity (Wildman–Crippen MR) is 64.5 cm³/mol. The van der Waals surface area contributed by atoms with Gasteiger partial charge in [0.1, 0.15) is 6.10 Å². The number of aliphatic hydroxyl groups is 1. The van der Waals surface area contributed by atoms with Crippen LogP contribution in [0.2, 0.25) is 0 Å². The Morgan fingerprint density at radius 2 is 2.25 bits per heavy atom. The van der Waals surface area contributed by atoms with E-state index in [1.165, 1.54) is 25.7 Å². The van der Waals surface area contributed by atoms with Crippen LogP contribution in [-0.4, -0.2) is 37.1 Å². The minimum atomic E-state index is -0.0938. The first-order valence-corrected chi connectivity index (χ1v) is 6.65. The molecule has 3 nitrogen and oxygen atoms in total. The molecule has 0 spiro atoms. The van der Waals surface area contributed by atoms with E-state index in [1.54, 1.807) is 0 Å². The maximum Gasteiger partial charge on any atom is 0.107 e. The summed E-state index contributed by atoms with van der Waals surface area (Å²) in [7, 11) is 0. The van der Waals surface area contributed by atoms with Gasteiger partial charge in [-0.05, 0) is 18.8 Å². The smallest absolute Gasteiger partial charge is 0.107 e. The Morgan fingerprint density at radius 1 is 1.44 bits per heavy atom. The molecule has 1 unspecified atom stereocenters. The highest BCUT2D eigenvalue weighted by Crippen LogP contribution is 2.20. The van der Waals surface area contributed by atoms with Gasteiger partial charge in [0.25, 0.3) is 0 Å². The lowest BCUT2D eigenvalue weighted by atomic mass is 10.0.